The van der Waals surface area contributed by atoms with Crippen molar-refractivity contribution in [3.63, 3.8) is 0 Å². The smallest absolute Gasteiger partial charge is 0.277 e. The lowest BCUT2D eigenvalue weighted by atomic mass is 10.2. The molecule has 2 heterocycles. The molecule has 0 atom stereocenters. The summed E-state index contributed by atoms with van der Waals surface area (Å²) in [5, 5.41) is 13.8. The maximum Gasteiger partial charge on any atom is 0.277 e. The largest absolute Gasteiger partial charge is 0.493 e. The summed E-state index contributed by atoms with van der Waals surface area (Å²) in [6.07, 6.45) is 1.47. The number of aryl methyl sites for hydroxylation is 2. The number of likely N-dealkylation sites (N-methyl/N-ethyl adjacent to an activating group) is 1. The SMILES string of the molecule is CCCc1nc(C)c2c(=O)[nH]c(-c3cc(S(=O)(=O)N(CC)CCO)ccc3OCC)nn12. The number of aromatic amines is 1. The molecule has 0 amide bonds. The van der Waals surface area contributed by atoms with Gasteiger partial charge in [-0.3, -0.25) is 4.79 Å². The van der Waals surface area contributed by atoms with E-state index in [1.807, 2.05) is 13.8 Å². The minimum Gasteiger partial charge on any atom is -0.493 e. The summed E-state index contributed by atoms with van der Waals surface area (Å²) in [7, 11) is -3.86. The lowest BCUT2D eigenvalue weighted by Gasteiger charge is -2.20. The molecule has 0 bridgehead atoms. The highest BCUT2D eigenvalue weighted by Crippen LogP contribution is 2.31. The van der Waals surface area contributed by atoms with E-state index in [1.165, 1.54) is 21.0 Å². The van der Waals surface area contributed by atoms with Gasteiger partial charge in [0.05, 0.1) is 29.4 Å². The van der Waals surface area contributed by atoms with Crippen LogP contribution in [0.2, 0.25) is 0 Å². The molecule has 0 saturated carbocycles. The Bertz CT molecular complexity index is 1270. The molecule has 2 aromatic heterocycles. The minimum absolute atomic E-state index is 0.0168. The van der Waals surface area contributed by atoms with Gasteiger partial charge in [-0.05, 0) is 38.5 Å². The van der Waals surface area contributed by atoms with Crippen LogP contribution in [0.25, 0.3) is 16.9 Å². The third kappa shape index (κ3) is 4.41. The summed E-state index contributed by atoms with van der Waals surface area (Å²) >= 11 is 0. The molecule has 0 spiro atoms. The lowest BCUT2D eigenvalue weighted by Crippen LogP contribution is -2.33. The number of sulfonamides is 1. The molecule has 1 aromatic carbocycles. The first-order valence-electron chi connectivity index (χ1n) is 10.6. The molecule has 32 heavy (non-hydrogen) atoms. The van der Waals surface area contributed by atoms with Crippen molar-refractivity contribution in [3.8, 4) is 17.1 Å². The van der Waals surface area contributed by atoms with Gasteiger partial charge in [-0.25, -0.2) is 17.9 Å². The van der Waals surface area contributed by atoms with Crippen LogP contribution >= 0.6 is 0 Å². The van der Waals surface area contributed by atoms with Crippen molar-refractivity contribution in [2.24, 2.45) is 0 Å². The fraction of sp³-hybridized carbons (Fsp3) is 0.476. The predicted molar refractivity (Wildman–Crippen MR) is 120 cm³/mol. The number of aliphatic hydroxyl groups is 1. The first-order chi connectivity index (χ1) is 15.3. The van der Waals surface area contributed by atoms with Crippen LogP contribution in [0.3, 0.4) is 0 Å². The number of nitrogens with zero attached hydrogens (tertiary/aromatic N) is 4. The van der Waals surface area contributed by atoms with Gasteiger partial charge in [-0.2, -0.15) is 4.31 Å². The minimum atomic E-state index is -3.86. The summed E-state index contributed by atoms with van der Waals surface area (Å²) in [6.45, 7) is 7.53. The number of imidazole rings is 1. The molecule has 10 nitrogen and oxygen atoms in total. The molecule has 11 heteroatoms. The summed E-state index contributed by atoms with van der Waals surface area (Å²) in [5.41, 5.74) is 0.922. The second-order valence-corrected chi connectivity index (χ2v) is 9.18. The number of nitrogens with one attached hydrogen (secondary N) is 1. The van der Waals surface area contributed by atoms with Crippen molar-refractivity contribution in [1.82, 2.24) is 23.9 Å². The van der Waals surface area contributed by atoms with Gasteiger partial charge in [0.25, 0.3) is 5.56 Å². The van der Waals surface area contributed by atoms with Gasteiger partial charge in [0.2, 0.25) is 10.0 Å². The molecule has 0 unspecified atom stereocenters. The van der Waals surface area contributed by atoms with Gasteiger partial charge in [0.15, 0.2) is 11.3 Å². The molecular formula is C21H29N5O5S. The highest BCUT2D eigenvalue weighted by molar-refractivity contribution is 7.89. The zero-order chi connectivity index (χ0) is 23.5. The molecule has 3 rings (SSSR count). The molecule has 0 fully saturated rings. The highest BCUT2D eigenvalue weighted by Gasteiger charge is 2.25. The van der Waals surface area contributed by atoms with E-state index in [0.29, 0.717) is 41.4 Å². The van der Waals surface area contributed by atoms with Gasteiger partial charge in [-0.15, -0.1) is 5.10 Å². The maximum atomic E-state index is 13.1. The molecule has 0 aliphatic heterocycles. The number of ether oxygens (including phenoxy) is 1. The Labute approximate surface area is 186 Å². The fourth-order valence-corrected chi connectivity index (χ4v) is 5.05. The zero-order valence-electron chi connectivity index (χ0n) is 18.8. The van der Waals surface area contributed by atoms with Crippen molar-refractivity contribution in [3.05, 3.63) is 40.1 Å². The zero-order valence-corrected chi connectivity index (χ0v) is 19.6. The normalized spacial score (nSPS) is 12.1. The average molecular weight is 464 g/mol. The van der Waals surface area contributed by atoms with Gasteiger partial charge < -0.3 is 14.8 Å². The molecule has 0 saturated heterocycles. The van der Waals surface area contributed by atoms with Crippen LogP contribution in [-0.2, 0) is 16.4 Å². The van der Waals surface area contributed by atoms with Gasteiger partial charge in [0, 0.05) is 19.5 Å². The van der Waals surface area contributed by atoms with E-state index in [1.54, 1.807) is 19.9 Å². The number of H-pyrrole nitrogens is 1. The first kappa shape index (κ1) is 23.9. The van der Waals surface area contributed by atoms with Crippen LogP contribution in [0.5, 0.6) is 5.75 Å². The molecule has 174 valence electrons. The van der Waals surface area contributed by atoms with Crippen LogP contribution in [-0.4, -0.2) is 63.7 Å². The average Bonchev–Trinajstić information content (AvgIpc) is 3.08. The third-order valence-electron chi connectivity index (χ3n) is 5.06. The Morgan fingerprint density at radius 1 is 1.25 bits per heavy atom. The number of aliphatic hydroxyl groups excluding tert-OH is 1. The summed E-state index contributed by atoms with van der Waals surface area (Å²) in [6, 6.07) is 4.44. The molecule has 0 aliphatic rings. The van der Waals surface area contributed by atoms with E-state index < -0.39 is 10.0 Å². The number of rotatable bonds is 10. The van der Waals surface area contributed by atoms with Gasteiger partial charge >= 0.3 is 0 Å². The number of hydrogen-bond donors (Lipinski definition) is 2. The molecule has 0 aliphatic carbocycles. The summed E-state index contributed by atoms with van der Waals surface area (Å²) in [5.74, 6) is 1.24. The van der Waals surface area contributed by atoms with Gasteiger partial charge in [-0.1, -0.05) is 13.8 Å². The van der Waals surface area contributed by atoms with Crippen LogP contribution in [0.1, 0.15) is 38.7 Å². The van der Waals surface area contributed by atoms with E-state index >= 15 is 0 Å². The summed E-state index contributed by atoms with van der Waals surface area (Å²) in [4.78, 5) is 20.1. The van der Waals surface area contributed by atoms with E-state index in [9.17, 15) is 18.3 Å². The Morgan fingerprint density at radius 3 is 2.62 bits per heavy atom. The molecule has 2 N–H and O–H groups in total. The van der Waals surface area contributed by atoms with Crippen molar-refractivity contribution in [1.29, 1.82) is 0 Å². The van der Waals surface area contributed by atoms with Crippen molar-refractivity contribution < 1.29 is 18.3 Å². The Hall–Kier alpha value is -2.76. The van der Waals surface area contributed by atoms with E-state index in [0.717, 1.165) is 6.42 Å². The number of benzene rings is 1. The van der Waals surface area contributed by atoms with Crippen LogP contribution in [0, 0.1) is 6.92 Å². The first-order valence-corrected chi connectivity index (χ1v) is 12.1. The van der Waals surface area contributed by atoms with Crippen LogP contribution in [0.4, 0.5) is 0 Å². The highest BCUT2D eigenvalue weighted by atomic mass is 32.2. The number of fused-ring (bicyclic) bond motifs is 1. The molecule has 3 aromatic rings. The van der Waals surface area contributed by atoms with Gasteiger partial charge in [0.1, 0.15) is 11.6 Å². The fourth-order valence-electron chi connectivity index (χ4n) is 3.59. The van der Waals surface area contributed by atoms with E-state index in [4.69, 9.17) is 4.74 Å². The Kier molecular flexibility index (Phi) is 7.32. The van der Waals surface area contributed by atoms with E-state index in [2.05, 4.69) is 15.1 Å². The number of hydrogen-bond acceptors (Lipinski definition) is 7. The third-order valence-corrected chi connectivity index (χ3v) is 7.03. The molecule has 0 radical (unpaired) electrons. The lowest BCUT2D eigenvalue weighted by molar-refractivity contribution is 0.257. The summed E-state index contributed by atoms with van der Waals surface area (Å²) < 4.78 is 34.6. The standard InChI is InChI=1S/C21H29N5O5S/c1-5-8-18-22-14(4)19-21(28)23-20(24-26(18)19)16-13-15(9-10-17(16)31-7-3)32(29,30)25(6-2)11-12-27/h9-10,13,27H,5-8,11-12H2,1-4H3,(H,23,24,28). The van der Waals surface area contributed by atoms with Crippen molar-refractivity contribution >= 4 is 15.5 Å². The molecular weight excluding hydrogens is 434 g/mol. The number of aromatic nitrogens is 4. The second kappa shape index (κ2) is 9.80. The second-order valence-electron chi connectivity index (χ2n) is 7.24. The Balaban J connectivity index is 2.24. The van der Waals surface area contributed by atoms with E-state index in [-0.39, 0.29) is 36.0 Å². The van der Waals surface area contributed by atoms with Crippen molar-refractivity contribution in [2.75, 3.05) is 26.3 Å². The van der Waals surface area contributed by atoms with Crippen molar-refractivity contribution in [2.45, 2.75) is 45.4 Å². The van der Waals surface area contributed by atoms with Crippen LogP contribution < -0.4 is 10.3 Å². The quantitative estimate of drug-likeness (QED) is 0.468. The monoisotopic (exact) mass is 463 g/mol. The maximum absolute atomic E-state index is 13.1. The Morgan fingerprint density at radius 2 is 2.00 bits per heavy atom. The predicted octanol–water partition coefficient (Wildman–Crippen LogP) is 1.75. The topological polar surface area (TPSA) is 130 Å². The van der Waals surface area contributed by atoms with Crippen LogP contribution in [0.15, 0.2) is 27.9 Å².